The number of nitrogens with zero attached hydrogens (tertiary/aromatic N) is 3. The van der Waals surface area contributed by atoms with E-state index >= 15 is 0 Å². The van der Waals surface area contributed by atoms with E-state index in [1.165, 1.54) is 0 Å². The fraction of sp³-hybridized carbons (Fsp3) is 0.412. The van der Waals surface area contributed by atoms with Gasteiger partial charge in [0, 0.05) is 44.4 Å². The van der Waals surface area contributed by atoms with Gasteiger partial charge in [-0.25, -0.2) is 4.79 Å². The molecule has 1 fully saturated rings. The molecule has 2 amide bonds. The number of hydrogen-bond donors (Lipinski definition) is 1. The van der Waals surface area contributed by atoms with E-state index in [9.17, 15) is 4.79 Å². The number of rotatable bonds is 3. The van der Waals surface area contributed by atoms with Gasteiger partial charge < -0.3 is 19.5 Å². The maximum atomic E-state index is 12.5. The maximum absolute atomic E-state index is 12.5. The minimum atomic E-state index is -0.0677. The number of carbonyl (C=O) groups is 1. The van der Waals surface area contributed by atoms with E-state index in [0.29, 0.717) is 19.7 Å². The highest BCUT2D eigenvalue weighted by Gasteiger charge is 2.28. The van der Waals surface area contributed by atoms with Gasteiger partial charge in [0.2, 0.25) is 0 Å². The van der Waals surface area contributed by atoms with E-state index in [4.69, 9.17) is 9.26 Å². The third kappa shape index (κ3) is 3.07. The van der Waals surface area contributed by atoms with Gasteiger partial charge in [-0.1, -0.05) is 23.4 Å². The van der Waals surface area contributed by atoms with Crippen molar-refractivity contribution >= 4 is 6.03 Å². The molecule has 0 radical (unpaired) electrons. The zero-order valence-corrected chi connectivity index (χ0v) is 13.4. The van der Waals surface area contributed by atoms with E-state index in [0.717, 1.165) is 36.6 Å². The van der Waals surface area contributed by atoms with E-state index < -0.39 is 0 Å². The van der Waals surface area contributed by atoms with Crippen molar-refractivity contribution in [3.05, 3.63) is 47.9 Å². The van der Waals surface area contributed by atoms with E-state index in [2.05, 4.69) is 15.4 Å². The van der Waals surface area contributed by atoms with Crippen molar-refractivity contribution in [2.45, 2.75) is 12.6 Å². The second kappa shape index (κ2) is 6.52. The second-order valence-corrected chi connectivity index (χ2v) is 6.10. The van der Waals surface area contributed by atoms with Gasteiger partial charge in [0.1, 0.15) is 18.6 Å². The van der Waals surface area contributed by atoms with Crippen molar-refractivity contribution < 1.29 is 14.1 Å². The lowest BCUT2D eigenvalue weighted by Crippen LogP contribution is -2.52. The quantitative estimate of drug-likeness (QED) is 0.927. The van der Waals surface area contributed by atoms with Crippen LogP contribution in [-0.4, -0.2) is 53.8 Å². The van der Waals surface area contributed by atoms with Crippen LogP contribution >= 0.6 is 0 Å². The molecule has 1 aromatic heterocycles. The summed E-state index contributed by atoms with van der Waals surface area (Å²) in [6.45, 7) is 4.33. The summed E-state index contributed by atoms with van der Waals surface area (Å²) in [5.74, 6) is 0.861. The number of hydrogen-bond acceptors (Lipinski definition) is 5. The minimum Gasteiger partial charge on any atom is -0.491 e. The first-order chi connectivity index (χ1) is 11.8. The molecular weight excluding hydrogens is 308 g/mol. The molecule has 3 heterocycles. The van der Waals surface area contributed by atoms with Crippen LogP contribution in [0.4, 0.5) is 4.79 Å². The molecule has 0 aliphatic carbocycles. The van der Waals surface area contributed by atoms with Gasteiger partial charge in [-0.05, 0) is 6.07 Å². The zero-order chi connectivity index (χ0) is 16.4. The average molecular weight is 328 g/mol. The maximum Gasteiger partial charge on any atom is 0.318 e. The Hall–Kier alpha value is -2.54. The molecule has 2 aliphatic heterocycles. The van der Waals surface area contributed by atoms with Gasteiger partial charge in [0.25, 0.3) is 0 Å². The highest BCUT2D eigenvalue weighted by molar-refractivity contribution is 5.75. The largest absolute Gasteiger partial charge is 0.491 e. The molecule has 24 heavy (non-hydrogen) atoms. The Labute approximate surface area is 140 Å². The zero-order valence-electron chi connectivity index (χ0n) is 13.4. The molecule has 1 saturated heterocycles. The predicted octanol–water partition coefficient (Wildman–Crippen LogP) is 1.64. The topological polar surface area (TPSA) is 70.8 Å². The van der Waals surface area contributed by atoms with Crippen LogP contribution in [-0.2, 0) is 6.54 Å². The van der Waals surface area contributed by atoms with E-state index in [1.807, 2.05) is 35.2 Å². The minimum absolute atomic E-state index is 0.0265. The van der Waals surface area contributed by atoms with Crippen LogP contribution in [0.1, 0.15) is 17.3 Å². The Balaban J connectivity index is 1.29. The van der Waals surface area contributed by atoms with Crippen molar-refractivity contribution in [1.82, 2.24) is 20.3 Å². The Morgan fingerprint density at radius 2 is 2.04 bits per heavy atom. The highest BCUT2D eigenvalue weighted by Crippen LogP contribution is 2.31. The predicted molar refractivity (Wildman–Crippen MR) is 86.6 cm³/mol. The summed E-state index contributed by atoms with van der Waals surface area (Å²) in [4.78, 5) is 16.6. The lowest BCUT2D eigenvalue weighted by Gasteiger charge is -2.34. The molecule has 0 saturated carbocycles. The summed E-state index contributed by atoms with van der Waals surface area (Å²) >= 11 is 0. The van der Waals surface area contributed by atoms with Crippen LogP contribution in [0.15, 0.2) is 41.1 Å². The number of aromatic nitrogens is 1. The van der Waals surface area contributed by atoms with Crippen LogP contribution in [0.2, 0.25) is 0 Å². The number of ether oxygens (including phenoxy) is 1. The molecule has 1 atom stereocenters. The van der Waals surface area contributed by atoms with Crippen LogP contribution < -0.4 is 10.1 Å². The van der Waals surface area contributed by atoms with Gasteiger partial charge in [-0.2, -0.15) is 0 Å². The lowest BCUT2D eigenvalue weighted by molar-refractivity contribution is 0.130. The second-order valence-electron chi connectivity index (χ2n) is 6.10. The summed E-state index contributed by atoms with van der Waals surface area (Å²) in [7, 11) is 0. The Morgan fingerprint density at radius 3 is 2.83 bits per heavy atom. The molecular formula is C17H20N4O3. The van der Waals surface area contributed by atoms with Gasteiger partial charge >= 0.3 is 6.03 Å². The molecule has 1 N–H and O–H groups in total. The number of benzene rings is 1. The first-order valence-corrected chi connectivity index (χ1v) is 8.18. The number of amides is 2. The number of para-hydroxylation sites is 1. The summed E-state index contributed by atoms with van der Waals surface area (Å²) < 4.78 is 10.5. The fourth-order valence-electron chi connectivity index (χ4n) is 3.18. The average Bonchev–Trinajstić information content (AvgIpc) is 3.26. The lowest BCUT2D eigenvalue weighted by atomic mass is 10.1. The first-order valence-electron chi connectivity index (χ1n) is 8.18. The van der Waals surface area contributed by atoms with Gasteiger partial charge in [-0.3, -0.25) is 4.90 Å². The number of piperazine rings is 1. The van der Waals surface area contributed by atoms with Gasteiger partial charge in [0.15, 0.2) is 0 Å². The van der Waals surface area contributed by atoms with Crippen LogP contribution in [0, 0.1) is 0 Å². The standard InChI is InChI=1S/C17H20N4O3/c22-17(18-15-12-23-16-4-2-1-3-14(15)16)21-8-6-20(7-9-21)11-13-5-10-24-19-13/h1-5,10,15H,6-9,11-12H2,(H,18,22)/t15-/m0/s1. The van der Waals surface area contributed by atoms with Crippen molar-refractivity contribution in [3.8, 4) is 5.75 Å². The number of nitrogens with one attached hydrogen (secondary N) is 1. The summed E-state index contributed by atoms with van der Waals surface area (Å²) in [6.07, 6.45) is 1.58. The van der Waals surface area contributed by atoms with E-state index in [-0.39, 0.29) is 12.1 Å². The monoisotopic (exact) mass is 328 g/mol. The van der Waals surface area contributed by atoms with Crippen LogP contribution in [0.25, 0.3) is 0 Å². The molecule has 7 nitrogen and oxygen atoms in total. The van der Waals surface area contributed by atoms with Crippen molar-refractivity contribution in [2.24, 2.45) is 0 Å². The molecule has 1 aromatic carbocycles. The SMILES string of the molecule is O=C(N[C@H]1COc2ccccc21)N1CCN(Cc2ccon2)CC1. The number of urea groups is 1. The van der Waals surface area contributed by atoms with Gasteiger partial charge in [0.05, 0.1) is 11.7 Å². The first kappa shape index (κ1) is 15.0. The summed E-state index contributed by atoms with van der Waals surface area (Å²) in [6, 6.07) is 9.62. The van der Waals surface area contributed by atoms with Crippen LogP contribution in [0.3, 0.4) is 0 Å². The summed E-state index contributed by atoms with van der Waals surface area (Å²) in [5.41, 5.74) is 1.98. The molecule has 7 heteroatoms. The van der Waals surface area contributed by atoms with E-state index in [1.54, 1.807) is 6.26 Å². The third-order valence-corrected chi connectivity index (χ3v) is 4.53. The van der Waals surface area contributed by atoms with Crippen molar-refractivity contribution in [3.63, 3.8) is 0 Å². The Kier molecular flexibility index (Phi) is 4.08. The molecule has 0 bridgehead atoms. The molecule has 2 aromatic rings. The smallest absolute Gasteiger partial charge is 0.318 e. The normalized spacial score (nSPS) is 20.5. The summed E-state index contributed by atoms with van der Waals surface area (Å²) in [5, 5.41) is 7.01. The molecule has 0 unspecified atom stereocenters. The van der Waals surface area contributed by atoms with Crippen LogP contribution in [0.5, 0.6) is 5.75 Å². The Morgan fingerprint density at radius 1 is 1.21 bits per heavy atom. The fourth-order valence-corrected chi connectivity index (χ4v) is 3.18. The Bertz CT molecular complexity index is 696. The molecule has 4 rings (SSSR count). The van der Waals surface area contributed by atoms with Crippen molar-refractivity contribution in [2.75, 3.05) is 32.8 Å². The number of carbonyl (C=O) groups excluding carboxylic acids is 1. The van der Waals surface area contributed by atoms with Crippen molar-refractivity contribution in [1.29, 1.82) is 0 Å². The molecule has 0 spiro atoms. The van der Waals surface area contributed by atoms with Gasteiger partial charge in [-0.15, -0.1) is 0 Å². The molecule has 2 aliphatic rings. The number of fused-ring (bicyclic) bond motifs is 1. The third-order valence-electron chi connectivity index (χ3n) is 4.53. The molecule has 126 valence electrons. The highest BCUT2D eigenvalue weighted by atomic mass is 16.5.